The van der Waals surface area contributed by atoms with Crippen molar-refractivity contribution in [1.29, 1.82) is 0 Å². The van der Waals surface area contributed by atoms with E-state index >= 15 is 0 Å². The first kappa shape index (κ1) is 16.6. The molecule has 0 aliphatic carbocycles. The van der Waals surface area contributed by atoms with Crippen molar-refractivity contribution in [2.45, 2.75) is 39.7 Å². The van der Waals surface area contributed by atoms with Crippen molar-refractivity contribution in [1.82, 2.24) is 14.7 Å². The van der Waals surface area contributed by atoms with E-state index < -0.39 is 0 Å². The van der Waals surface area contributed by atoms with Gasteiger partial charge in [0.25, 0.3) is 0 Å². The van der Waals surface area contributed by atoms with Crippen LogP contribution < -0.4 is 0 Å². The van der Waals surface area contributed by atoms with Crippen LogP contribution in [-0.2, 0) is 4.74 Å². The van der Waals surface area contributed by atoms with E-state index in [2.05, 4.69) is 16.7 Å². The molecule has 0 aromatic carbocycles. The molecular formula is C16H31N3O2. The van der Waals surface area contributed by atoms with Crippen LogP contribution >= 0.6 is 0 Å². The number of carbonyl (C=O) groups is 1. The van der Waals surface area contributed by atoms with Crippen molar-refractivity contribution in [2.24, 2.45) is 5.92 Å². The number of nitrogens with zero attached hydrogens (tertiary/aromatic N) is 3. The van der Waals surface area contributed by atoms with Gasteiger partial charge in [0, 0.05) is 39.3 Å². The molecule has 2 rings (SSSR count). The lowest BCUT2D eigenvalue weighted by atomic mass is 9.96. The fourth-order valence-corrected chi connectivity index (χ4v) is 2.92. The predicted molar refractivity (Wildman–Crippen MR) is 84.5 cm³/mol. The van der Waals surface area contributed by atoms with Crippen LogP contribution in [0.25, 0.3) is 0 Å². The van der Waals surface area contributed by atoms with Crippen LogP contribution in [0.1, 0.15) is 34.1 Å². The van der Waals surface area contributed by atoms with Gasteiger partial charge in [0.2, 0.25) is 0 Å². The van der Waals surface area contributed by atoms with Gasteiger partial charge in [0.05, 0.1) is 0 Å². The molecular weight excluding hydrogens is 266 g/mol. The molecule has 0 aromatic rings. The molecule has 2 aliphatic rings. The molecule has 5 heteroatoms. The van der Waals surface area contributed by atoms with E-state index in [1.165, 1.54) is 45.7 Å². The molecule has 0 atom stereocenters. The van der Waals surface area contributed by atoms with Crippen LogP contribution in [0.4, 0.5) is 4.79 Å². The van der Waals surface area contributed by atoms with Gasteiger partial charge in [-0.3, -0.25) is 0 Å². The van der Waals surface area contributed by atoms with Crippen molar-refractivity contribution in [3.63, 3.8) is 0 Å². The monoisotopic (exact) mass is 297 g/mol. The molecule has 122 valence electrons. The molecule has 2 heterocycles. The van der Waals surface area contributed by atoms with Crippen LogP contribution in [0.2, 0.25) is 0 Å². The first-order valence-electron chi connectivity index (χ1n) is 8.30. The van der Waals surface area contributed by atoms with Gasteiger partial charge in [0.1, 0.15) is 5.60 Å². The van der Waals surface area contributed by atoms with Gasteiger partial charge in [-0.2, -0.15) is 0 Å². The maximum Gasteiger partial charge on any atom is 0.410 e. The van der Waals surface area contributed by atoms with Crippen LogP contribution in [0.15, 0.2) is 0 Å². The minimum atomic E-state index is -0.388. The number of rotatable bonds is 4. The summed E-state index contributed by atoms with van der Waals surface area (Å²) < 4.78 is 5.38. The molecule has 0 bridgehead atoms. The summed E-state index contributed by atoms with van der Waals surface area (Å²) in [4.78, 5) is 18.7. The summed E-state index contributed by atoms with van der Waals surface area (Å²) >= 11 is 0. The number of carbonyl (C=O) groups excluding carboxylic acids is 1. The lowest BCUT2D eigenvalue weighted by Crippen LogP contribution is -2.53. The summed E-state index contributed by atoms with van der Waals surface area (Å²) in [6.07, 6.45) is 1.04. The maximum absolute atomic E-state index is 11.8. The number of amides is 1. The van der Waals surface area contributed by atoms with Crippen molar-refractivity contribution < 1.29 is 9.53 Å². The fraction of sp³-hybridized carbons (Fsp3) is 0.938. The third-order valence-corrected chi connectivity index (χ3v) is 4.37. The zero-order valence-corrected chi connectivity index (χ0v) is 14.1. The number of likely N-dealkylation sites (N-methyl/N-ethyl adjacent to an activating group) is 1. The smallest absolute Gasteiger partial charge is 0.410 e. The Labute approximate surface area is 129 Å². The highest BCUT2D eigenvalue weighted by molar-refractivity contribution is 5.69. The number of hydrogen-bond donors (Lipinski definition) is 0. The number of likely N-dealkylation sites (tertiary alicyclic amines) is 1. The molecule has 0 N–H and O–H groups in total. The van der Waals surface area contributed by atoms with Gasteiger partial charge in [-0.05, 0) is 46.2 Å². The standard InChI is InChI=1S/C16H31N3O2/c1-5-17-8-10-18(11-9-17)7-6-14-12-19(13-14)15(20)21-16(2,3)4/h14H,5-13H2,1-4H3. The van der Waals surface area contributed by atoms with Crippen LogP contribution in [0.3, 0.4) is 0 Å². The normalized spacial score (nSPS) is 22.2. The molecule has 0 unspecified atom stereocenters. The minimum Gasteiger partial charge on any atom is -0.444 e. The number of piperazine rings is 1. The Morgan fingerprint density at radius 2 is 1.67 bits per heavy atom. The van der Waals surface area contributed by atoms with Crippen molar-refractivity contribution in [3.8, 4) is 0 Å². The third kappa shape index (κ3) is 5.15. The second-order valence-corrected chi connectivity index (χ2v) is 7.32. The quantitative estimate of drug-likeness (QED) is 0.794. The largest absolute Gasteiger partial charge is 0.444 e. The summed E-state index contributed by atoms with van der Waals surface area (Å²) in [5.41, 5.74) is -0.388. The molecule has 1 amide bonds. The van der Waals surface area contributed by atoms with Gasteiger partial charge in [-0.15, -0.1) is 0 Å². The number of hydrogen-bond acceptors (Lipinski definition) is 4. The van der Waals surface area contributed by atoms with Crippen LogP contribution in [0.5, 0.6) is 0 Å². The van der Waals surface area contributed by atoms with E-state index in [0.29, 0.717) is 5.92 Å². The zero-order valence-electron chi connectivity index (χ0n) is 14.1. The first-order valence-corrected chi connectivity index (χ1v) is 8.30. The second kappa shape index (κ2) is 6.97. The molecule has 2 aliphatic heterocycles. The Morgan fingerprint density at radius 3 is 2.19 bits per heavy atom. The molecule has 2 fully saturated rings. The Morgan fingerprint density at radius 1 is 1.10 bits per heavy atom. The van der Waals surface area contributed by atoms with Gasteiger partial charge >= 0.3 is 6.09 Å². The summed E-state index contributed by atoms with van der Waals surface area (Å²) in [7, 11) is 0. The van der Waals surface area contributed by atoms with Crippen molar-refractivity contribution >= 4 is 6.09 Å². The Bertz CT molecular complexity index is 340. The lowest BCUT2D eigenvalue weighted by molar-refractivity contribution is -0.00404. The molecule has 0 radical (unpaired) electrons. The van der Waals surface area contributed by atoms with E-state index in [4.69, 9.17) is 4.74 Å². The molecule has 5 nitrogen and oxygen atoms in total. The average molecular weight is 297 g/mol. The predicted octanol–water partition coefficient (Wildman–Crippen LogP) is 1.88. The zero-order chi connectivity index (χ0) is 15.5. The SMILES string of the molecule is CCN1CCN(CCC2CN(C(=O)OC(C)(C)C)C2)CC1. The highest BCUT2D eigenvalue weighted by atomic mass is 16.6. The lowest BCUT2D eigenvalue weighted by Gasteiger charge is -2.41. The van der Waals surface area contributed by atoms with Gasteiger partial charge in [0.15, 0.2) is 0 Å². The van der Waals surface area contributed by atoms with Crippen molar-refractivity contribution in [3.05, 3.63) is 0 Å². The van der Waals surface area contributed by atoms with E-state index in [9.17, 15) is 4.79 Å². The van der Waals surface area contributed by atoms with E-state index in [-0.39, 0.29) is 11.7 Å². The van der Waals surface area contributed by atoms with Gasteiger partial charge in [-0.25, -0.2) is 4.79 Å². The molecule has 0 spiro atoms. The maximum atomic E-state index is 11.8. The van der Waals surface area contributed by atoms with Crippen LogP contribution in [0, 0.1) is 5.92 Å². The van der Waals surface area contributed by atoms with Crippen molar-refractivity contribution in [2.75, 3.05) is 52.4 Å². The molecule has 0 aromatic heterocycles. The number of ether oxygens (including phenoxy) is 1. The highest BCUT2D eigenvalue weighted by Crippen LogP contribution is 2.22. The highest BCUT2D eigenvalue weighted by Gasteiger charge is 2.33. The average Bonchev–Trinajstić information content (AvgIpc) is 2.35. The first-order chi connectivity index (χ1) is 9.87. The summed E-state index contributed by atoms with van der Waals surface area (Å²) in [6, 6.07) is 0. The third-order valence-electron chi connectivity index (χ3n) is 4.37. The van der Waals surface area contributed by atoms with Gasteiger partial charge < -0.3 is 19.4 Å². The van der Waals surface area contributed by atoms with E-state index in [0.717, 1.165) is 13.1 Å². The summed E-state index contributed by atoms with van der Waals surface area (Å²) in [5.74, 6) is 0.654. The topological polar surface area (TPSA) is 36.0 Å². The Kier molecular flexibility index (Phi) is 5.49. The minimum absolute atomic E-state index is 0.157. The fourth-order valence-electron chi connectivity index (χ4n) is 2.92. The summed E-state index contributed by atoms with van der Waals surface area (Å²) in [6.45, 7) is 16.8. The van der Waals surface area contributed by atoms with Crippen LogP contribution in [-0.4, -0.2) is 78.8 Å². The van der Waals surface area contributed by atoms with E-state index in [1.54, 1.807) is 0 Å². The Hall–Kier alpha value is -0.810. The molecule has 0 saturated carbocycles. The second-order valence-electron chi connectivity index (χ2n) is 7.32. The molecule has 21 heavy (non-hydrogen) atoms. The van der Waals surface area contributed by atoms with E-state index in [1.807, 2.05) is 25.7 Å². The summed E-state index contributed by atoms with van der Waals surface area (Å²) in [5, 5.41) is 0. The molecule has 2 saturated heterocycles. The van der Waals surface area contributed by atoms with Gasteiger partial charge in [-0.1, -0.05) is 6.92 Å². The Balaban J connectivity index is 1.58.